The van der Waals surface area contributed by atoms with E-state index in [1.54, 1.807) is 0 Å². The Hall–Kier alpha value is -1.95. The first-order chi connectivity index (χ1) is 9.74. The Kier molecular flexibility index (Phi) is 3.64. The number of aromatic nitrogens is 3. The van der Waals surface area contributed by atoms with E-state index in [1.165, 1.54) is 0 Å². The summed E-state index contributed by atoms with van der Waals surface area (Å²) in [5, 5.41) is 14.4. The van der Waals surface area contributed by atoms with Gasteiger partial charge in [-0.05, 0) is 37.4 Å². The minimum atomic E-state index is -0.0852. The lowest BCUT2D eigenvalue weighted by molar-refractivity contribution is -0.124. The van der Waals surface area contributed by atoms with Crippen LogP contribution in [0, 0.1) is 5.92 Å². The van der Waals surface area contributed by atoms with Gasteiger partial charge in [-0.25, -0.2) is 0 Å². The quantitative estimate of drug-likeness (QED) is 0.865. The van der Waals surface area contributed by atoms with Crippen molar-refractivity contribution < 1.29 is 4.79 Å². The molecule has 2 N–H and O–H groups in total. The molecule has 0 spiro atoms. The second kappa shape index (κ2) is 5.58. The molecule has 0 bridgehead atoms. The molecule has 1 saturated heterocycles. The van der Waals surface area contributed by atoms with Crippen LogP contribution in [0.3, 0.4) is 0 Å². The normalized spacial score (nSPS) is 22.9. The zero-order chi connectivity index (χ0) is 13.9. The van der Waals surface area contributed by atoms with Crippen molar-refractivity contribution in [2.45, 2.75) is 32.4 Å². The van der Waals surface area contributed by atoms with Crippen LogP contribution in [0.25, 0.3) is 5.65 Å². The van der Waals surface area contributed by atoms with Crippen LogP contribution >= 0.6 is 0 Å². The summed E-state index contributed by atoms with van der Waals surface area (Å²) in [5.74, 6) is 1.39. The number of pyridine rings is 1. The minimum Gasteiger partial charge on any atom is -0.347 e. The number of nitrogens with zero attached hydrogens (tertiary/aromatic N) is 3. The molecule has 6 nitrogen and oxygen atoms in total. The topological polar surface area (TPSA) is 71.3 Å². The highest BCUT2D eigenvalue weighted by atomic mass is 16.2. The molecule has 1 aliphatic heterocycles. The van der Waals surface area contributed by atoms with Crippen molar-refractivity contribution >= 4 is 11.6 Å². The van der Waals surface area contributed by atoms with Gasteiger partial charge in [0, 0.05) is 6.20 Å². The van der Waals surface area contributed by atoms with Gasteiger partial charge < -0.3 is 10.6 Å². The summed E-state index contributed by atoms with van der Waals surface area (Å²) < 4.78 is 1.89. The summed E-state index contributed by atoms with van der Waals surface area (Å²) >= 11 is 0. The van der Waals surface area contributed by atoms with Gasteiger partial charge in [-0.3, -0.25) is 9.20 Å². The molecule has 0 saturated carbocycles. The summed E-state index contributed by atoms with van der Waals surface area (Å²) in [5.41, 5.74) is 0.793. The zero-order valence-electron chi connectivity index (χ0n) is 11.5. The Morgan fingerprint density at radius 3 is 3.25 bits per heavy atom. The van der Waals surface area contributed by atoms with Crippen LogP contribution in [0.15, 0.2) is 24.4 Å². The molecule has 2 aromatic rings. The maximum atomic E-state index is 12.1. The van der Waals surface area contributed by atoms with E-state index in [2.05, 4.69) is 27.8 Å². The summed E-state index contributed by atoms with van der Waals surface area (Å²) in [7, 11) is 0. The van der Waals surface area contributed by atoms with Gasteiger partial charge in [-0.1, -0.05) is 13.0 Å². The highest BCUT2D eigenvalue weighted by molar-refractivity contribution is 5.81. The van der Waals surface area contributed by atoms with Crippen molar-refractivity contribution in [3.63, 3.8) is 0 Å². The summed E-state index contributed by atoms with van der Waals surface area (Å²) in [6.07, 6.45) is 3.93. The van der Waals surface area contributed by atoms with E-state index >= 15 is 0 Å². The van der Waals surface area contributed by atoms with Gasteiger partial charge in [-0.15, -0.1) is 10.2 Å². The smallest absolute Gasteiger partial charge is 0.237 e. The van der Waals surface area contributed by atoms with E-state index in [0.29, 0.717) is 12.5 Å². The lowest BCUT2D eigenvalue weighted by Crippen LogP contribution is -2.48. The van der Waals surface area contributed by atoms with Gasteiger partial charge in [-0.2, -0.15) is 0 Å². The molecular formula is C14H19N5O. The van der Waals surface area contributed by atoms with Crippen molar-refractivity contribution in [1.29, 1.82) is 0 Å². The number of hydrogen-bond donors (Lipinski definition) is 2. The molecule has 3 rings (SSSR count). The van der Waals surface area contributed by atoms with Crippen LogP contribution in [0.1, 0.15) is 25.6 Å². The summed E-state index contributed by atoms with van der Waals surface area (Å²) in [6, 6.07) is 5.65. The number of fused-ring (bicyclic) bond motifs is 1. The first-order valence-electron chi connectivity index (χ1n) is 7.04. The molecule has 3 heterocycles. The Morgan fingerprint density at radius 1 is 1.50 bits per heavy atom. The molecule has 106 valence electrons. The van der Waals surface area contributed by atoms with Gasteiger partial charge in [0.15, 0.2) is 11.5 Å². The highest BCUT2D eigenvalue weighted by Crippen LogP contribution is 2.15. The molecule has 1 fully saturated rings. The molecule has 2 unspecified atom stereocenters. The largest absolute Gasteiger partial charge is 0.347 e. The third-order valence-corrected chi connectivity index (χ3v) is 3.79. The lowest BCUT2D eigenvalue weighted by atomic mass is 9.94. The number of hydrogen-bond acceptors (Lipinski definition) is 4. The SMILES string of the molecule is CC1CCNC(C(=O)NCc2nnc3ccccn23)C1. The van der Waals surface area contributed by atoms with Gasteiger partial charge >= 0.3 is 0 Å². The fourth-order valence-electron chi connectivity index (χ4n) is 2.61. The number of rotatable bonds is 3. The van der Waals surface area contributed by atoms with Crippen molar-refractivity contribution in [2.75, 3.05) is 6.54 Å². The van der Waals surface area contributed by atoms with Crippen molar-refractivity contribution in [1.82, 2.24) is 25.2 Å². The predicted molar refractivity (Wildman–Crippen MR) is 75.0 cm³/mol. The van der Waals surface area contributed by atoms with Crippen LogP contribution in [0.2, 0.25) is 0 Å². The second-order valence-electron chi connectivity index (χ2n) is 5.40. The van der Waals surface area contributed by atoms with Gasteiger partial charge in [0.05, 0.1) is 12.6 Å². The number of amides is 1. The Balaban J connectivity index is 1.63. The average molecular weight is 273 g/mol. The van der Waals surface area contributed by atoms with Crippen LogP contribution in [0.4, 0.5) is 0 Å². The van der Waals surface area contributed by atoms with Crippen LogP contribution in [0.5, 0.6) is 0 Å². The summed E-state index contributed by atoms with van der Waals surface area (Å²) in [6.45, 7) is 3.50. The first-order valence-corrected chi connectivity index (χ1v) is 7.04. The van der Waals surface area contributed by atoms with E-state index in [-0.39, 0.29) is 11.9 Å². The molecule has 0 aliphatic carbocycles. The third-order valence-electron chi connectivity index (χ3n) is 3.79. The van der Waals surface area contributed by atoms with Crippen molar-refractivity contribution in [3.05, 3.63) is 30.2 Å². The van der Waals surface area contributed by atoms with E-state index < -0.39 is 0 Å². The Bertz CT molecular complexity index is 608. The summed E-state index contributed by atoms with van der Waals surface area (Å²) in [4.78, 5) is 12.1. The molecule has 1 aliphatic rings. The standard InChI is InChI=1S/C14H19N5O/c1-10-5-6-15-11(8-10)14(20)16-9-13-18-17-12-4-2-3-7-19(12)13/h2-4,7,10-11,15H,5-6,8-9H2,1H3,(H,16,20). The van der Waals surface area contributed by atoms with E-state index in [1.807, 2.05) is 28.8 Å². The first kappa shape index (κ1) is 13.1. The van der Waals surface area contributed by atoms with Crippen molar-refractivity contribution in [2.24, 2.45) is 5.92 Å². The molecule has 20 heavy (non-hydrogen) atoms. The van der Waals surface area contributed by atoms with E-state index in [4.69, 9.17) is 0 Å². The second-order valence-corrected chi connectivity index (χ2v) is 5.40. The number of carbonyl (C=O) groups excluding carboxylic acids is 1. The molecule has 2 atom stereocenters. The molecule has 1 amide bonds. The molecule has 0 aromatic carbocycles. The maximum absolute atomic E-state index is 12.1. The monoisotopic (exact) mass is 273 g/mol. The van der Waals surface area contributed by atoms with Crippen molar-refractivity contribution in [3.8, 4) is 0 Å². The van der Waals surface area contributed by atoms with E-state index in [0.717, 1.165) is 30.9 Å². The number of piperidine rings is 1. The maximum Gasteiger partial charge on any atom is 0.237 e. The van der Waals surface area contributed by atoms with Gasteiger partial charge in [0.2, 0.25) is 5.91 Å². The predicted octanol–water partition coefficient (Wildman–Crippen LogP) is 0.734. The van der Waals surface area contributed by atoms with Crippen LogP contribution in [-0.2, 0) is 11.3 Å². The van der Waals surface area contributed by atoms with Gasteiger partial charge in [0.1, 0.15) is 0 Å². The molecule has 0 radical (unpaired) electrons. The Labute approximate surface area is 117 Å². The van der Waals surface area contributed by atoms with Crippen LogP contribution in [-0.4, -0.2) is 33.1 Å². The zero-order valence-corrected chi connectivity index (χ0v) is 11.5. The molecule has 2 aromatic heterocycles. The molecule has 6 heteroatoms. The lowest BCUT2D eigenvalue weighted by Gasteiger charge is -2.27. The highest BCUT2D eigenvalue weighted by Gasteiger charge is 2.24. The minimum absolute atomic E-state index is 0.0456. The fraction of sp³-hybridized carbons (Fsp3) is 0.500. The fourth-order valence-corrected chi connectivity index (χ4v) is 2.61. The Morgan fingerprint density at radius 2 is 2.40 bits per heavy atom. The average Bonchev–Trinajstić information content (AvgIpc) is 2.88. The number of nitrogens with one attached hydrogen (secondary N) is 2. The number of carbonyl (C=O) groups is 1. The third kappa shape index (κ3) is 2.65. The molecular weight excluding hydrogens is 254 g/mol. The van der Waals surface area contributed by atoms with Gasteiger partial charge in [0.25, 0.3) is 0 Å². The van der Waals surface area contributed by atoms with E-state index in [9.17, 15) is 4.79 Å². The van der Waals surface area contributed by atoms with Crippen LogP contribution < -0.4 is 10.6 Å².